The summed E-state index contributed by atoms with van der Waals surface area (Å²) in [6, 6.07) is 1.97. The molecule has 0 bridgehead atoms. The first-order chi connectivity index (χ1) is 10.2. The third-order valence-electron chi connectivity index (χ3n) is 2.28. The number of halogens is 1. The van der Waals surface area contributed by atoms with Crippen LogP contribution in [0.1, 0.15) is 19.4 Å². The normalized spacial score (nSPS) is 10.7. The van der Waals surface area contributed by atoms with Gasteiger partial charge in [-0.25, -0.2) is 5.43 Å². The molecule has 0 aliphatic heterocycles. The number of phenols is 1. The van der Waals surface area contributed by atoms with Crippen molar-refractivity contribution in [3.05, 3.63) is 32.8 Å². The molecule has 0 saturated heterocycles. The lowest BCUT2D eigenvalue weighted by atomic mass is 10.2. The Morgan fingerprint density at radius 2 is 2.05 bits per heavy atom. The number of amides is 2. The van der Waals surface area contributed by atoms with Gasteiger partial charge in [0.1, 0.15) is 0 Å². The van der Waals surface area contributed by atoms with Crippen molar-refractivity contribution in [2.75, 3.05) is 0 Å². The van der Waals surface area contributed by atoms with Crippen LogP contribution in [0.2, 0.25) is 5.02 Å². The molecule has 1 aromatic rings. The predicted molar refractivity (Wildman–Crippen MR) is 78.8 cm³/mol. The number of nitrogens with zero attached hydrogens (tertiary/aromatic N) is 2. The summed E-state index contributed by atoms with van der Waals surface area (Å²) in [6.45, 7) is 3.36. The van der Waals surface area contributed by atoms with Crippen molar-refractivity contribution < 1.29 is 19.6 Å². The summed E-state index contributed by atoms with van der Waals surface area (Å²) < 4.78 is 0. The van der Waals surface area contributed by atoms with E-state index < -0.39 is 28.2 Å². The molecule has 10 heteroatoms. The van der Waals surface area contributed by atoms with E-state index in [9.17, 15) is 24.8 Å². The number of benzene rings is 1. The Kier molecular flexibility index (Phi) is 5.81. The van der Waals surface area contributed by atoms with Crippen molar-refractivity contribution in [2.45, 2.75) is 19.9 Å². The van der Waals surface area contributed by atoms with Gasteiger partial charge in [-0.05, 0) is 19.9 Å². The fraction of sp³-hybridized carbons (Fsp3) is 0.250. The van der Waals surface area contributed by atoms with Crippen molar-refractivity contribution in [3.8, 4) is 5.75 Å². The predicted octanol–water partition coefficient (Wildman–Crippen LogP) is 0.928. The van der Waals surface area contributed by atoms with Crippen LogP contribution in [0.5, 0.6) is 5.75 Å². The van der Waals surface area contributed by atoms with Crippen LogP contribution in [0.3, 0.4) is 0 Å². The van der Waals surface area contributed by atoms with Gasteiger partial charge in [-0.3, -0.25) is 19.7 Å². The molecule has 0 radical (unpaired) electrons. The Bertz CT molecular complexity index is 645. The number of carbonyl (C=O) groups excluding carboxylic acids is 2. The minimum absolute atomic E-state index is 0.00910. The fourth-order valence-corrected chi connectivity index (χ4v) is 1.60. The first kappa shape index (κ1) is 17.4. The highest BCUT2D eigenvalue weighted by Gasteiger charge is 2.18. The standard InChI is InChI=1S/C12H13ClN4O5/c1-6(2)15-11(19)12(20)16-14-5-7-3-8(13)4-9(10(7)18)17(21)22/h3-6,18H,1-2H3,(H,15,19)(H,16,20)/b14-5-. The van der Waals surface area contributed by atoms with Gasteiger partial charge in [0, 0.05) is 22.7 Å². The molecule has 1 rings (SSSR count). The molecule has 1 aromatic carbocycles. The molecule has 0 saturated carbocycles. The highest BCUT2D eigenvalue weighted by atomic mass is 35.5. The molecule has 0 spiro atoms. The van der Waals surface area contributed by atoms with E-state index in [1.54, 1.807) is 13.8 Å². The summed E-state index contributed by atoms with van der Waals surface area (Å²) in [5.74, 6) is -2.55. The van der Waals surface area contributed by atoms with E-state index in [1.165, 1.54) is 6.07 Å². The van der Waals surface area contributed by atoms with Crippen molar-refractivity contribution in [3.63, 3.8) is 0 Å². The summed E-state index contributed by atoms with van der Waals surface area (Å²) >= 11 is 5.69. The van der Waals surface area contributed by atoms with Crippen LogP contribution in [0.25, 0.3) is 0 Å². The lowest BCUT2D eigenvalue weighted by Gasteiger charge is -2.06. The largest absolute Gasteiger partial charge is 0.502 e. The van der Waals surface area contributed by atoms with Gasteiger partial charge in [0.25, 0.3) is 0 Å². The number of nitrogens with one attached hydrogen (secondary N) is 2. The molecule has 0 heterocycles. The zero-order valence-electron chi connectivity index (χ0n) is 11.7. The van der Waals surface area contributed by atoms with E-state index in [-0.39, 0.29) is 16.6 Å². The first-order valence-corrected chi connectivity index (χ1v) is 6.41. The number of rotatable bonds is 4. The minimum atomic E-state index is -1.01. The number of hydrazone groups is 1. The highest BCUT2D eigenvalue weighted by Crippen LogP contribution is 2.32. The molecule has 0 atom stereocenters. The number of aromatic hydroxyl groups is 1. The SMILES string of the molecule is CC(C)NC(=O)C(=O)N/N=C\c1cc(Cl)cc([N+](=O)[O-])c1O. The van der Waals surface area contributed by atoms with Crippen LogP contribution in [0, 0.1) is 10.1 Å². The maximum absolute atomic E-state index is 11.4. The molecule has 0 aliphatic carbocycles. The number of carbonyl (C=O) groups is 2. The summed E-state index contributed by atoms with van der Waals surface area (Å²) in [7, 11) is 0. The molecule has 0 aromatic heterocycles. The summed E-state index contributed by atoms with van der Waals surface area (Å²) in [5.41, 5.74) is 1.25. The smallest absolute Gasteiger partial charge is 0.329 e. The van der Waals surface area contributed by atoms with Crippen LogP contribution in [-0.2, 0) is 9.59 Å². The van der Waals surface area contributed by atoms with E-state index in [2.05, 4.69) is 10.4 Å². The molecular weight excluding hydrogens is 316 g/mol. The van der Waals surface area contributed by atoms with Crippen LogP contribution in [-0.4, -0.2) is 34.1 Å². The van der Waals surface area contributed by atoms with Gasteiger partial charge >= 0.3 is 17.5 Å². The van der Waals surface area contributed by atoms with Gasteiger partial charge < -0.3 is 10.4 Å². The van der Waals surface area contributed by atoms with Crippen LogP contribution >= 0.6 is 11.6 Å². The summed E-state index contributed by atoms with van der Waals surface area (Å²) in [5, 5.41) is 26.2. The molecule has 9 nitrogen and oxygen atoms in total. The second kappa shape index (κ2) is 7.36. The van der Waals surface area contributed by atoms with Gasteiger partial charge in [-0.15, -0.1) is 0 Å². The van der Waals surface area contributed by atoms with Crippen molar-refractivity contribution in [1.29, 1.82) is 0 Å². The fourth-order valence-electron chi connectivity index (χ4n) is 1.38. The zero-order chi connectivity index (χ0) is 16.9. The van der Waals surface area contributed by atoms with E-state index in [0.29, 0.717) is 0 Å². The quantitative estimate of drug-likeness (QED) is 0.327. The van der Waals surface area contributed by atoms with Crippen molar-refractivity contribution >= 4 is 35.3 Å². The van der Waals surface area contributed by atoms with Gasteiger partial charge in [0.15, 0.2) is 0 Å². The topological polar surface area (TPSA) is 134 Å². The maximum atomic E-state index is 11.4. The number of hydrogen-bond donors (Lipinski definition) is 3. The second-order valence-electron chi connectivity index (χ2n) is 4.45. The maximum Gasteiger partial charge on any atom is 0.329 e. The molecule has 3 N–H and O–H groups in total. The molecule has 22 heavy (non-hydrogen) atoms. The van der Waals surface area contributed by atoms with Crippen molar-refractivity contribution in [2.24, 2.45) is 5.10 Å². The van der Waals surface area contributed by atoms with Crippen molar-refractivity contribution in [1.82, 2.24) is 10.7 Å². The van der Waals surface area contributed by atoms with Crippen LogP contribution in [0.4, 0.5) is 5.69 Å². The third-order valence-corrected chi connectivity index (χ3v) is 2.49. The Hall–Kier alpha value is -2.68. The molecule has 118 valence electrons. The number of phenolic OH excluding ortho intramolecular Hbond substituents is 1. The molecule has 0 unspecified atom stereocenters. The third kappa shape index (κ3) is 4.70. The van der Waals surface area contributed by atoms with E-state index >= 15 is 0 Å². The number of hydrogen-bond acceptors (Lipinski definition) is 6. The summed E-state index contributed by atoms with van der Waals surface area (Å²) in [4.78, 5) is 32.6. The van der Waals surface area contributed by atoms with Gasteiger partial charge in [0.05, 0.1) is 11.1 Å². The van der Waals surface area contributed by atoms with E-state index in [4.69, 9.17) is 11.6 Å². The van der Waals surface area contributed by atoms with Crippen LogP contribution in [0.15, 0.2) is 17.2 Å². The molecule has 0 aliphatic rings. The monoisotopic (exact) mass is 328 g/mol. The lowest BCUT2D eigenvalue weighted by Crippen LogP contribution is -2.41. The number of nitro benzene ring substituents is 1. The minimum Gasteiger partial charge on any atom is -0.502 e. The van der Waals surface area contributed by atoms with Gasteiger partial charge in [-0.2, -0.15) is 5.10 Å². The average molecular weight is 329 g/mol. The Morgan fingerprint density at radius 3 is 2.59 bits per heavy atom. The van der Waals surface area contributed by atoms with Crippen LogP contribution < -0.4 is 10.7 Å². The second-order valence-corrected chi connectivity index (χ2v) is 4.88. The highest BCUT2D eigenvalue weighted by molar-refractivity contribution is 6.35. The Labute approximate surface area is 130 Å². The van der Waals surface area contributed by atoms with Gasteiger partial charge in [0.2, 0.25) is 5.75 Å². The molecule has 2 amide bonds. The lowest BCUT2D eigenvalue weighted by molar-refractivity contribution is -0.385. The Morgan fingerprint density at radius 1 is 1.41 bits per heavy atom. The van der Waals surface area contributed by atoms with E-state index in [0.717, 1.165) is 12.3 Å². The first-order valence-electron chi connectivity index (χ1n) is 6.03. The molecular formula is C12H13ClN4O5. The summed E-state index contributed by atoms with van der Waals surface area (Å²) in [6.07, 6.45) is 0.939. The average Bonchev–Trinajstić information content (AvgIpc) is 2.40. The van der Waals surface area contributed by atoms with Gasteiger partial charge in [-0.1, -0.05) is 11.6 Å². The van der Waals surface area contributed by atoms with E-state index in [1.807, 2.05) is 5.43 Å². The zero-order valence-corrected chi connectivity index (χ0v) is 12.4. The molecule has 0 fully saturated rings. The Balaban J connectivity index is 2.85. The number of nitro groups is 1.